The van der Waals surface area contributed by atoms with E-state index in [4.69, 9.17) is 5.73 Å². The fourth-order valence-corrected chi connectivity index (χ4v) is 4.28. The first-order chi connectivity index (χ1) is 13.2. The molecule has 4 rings (SSSR count). The zero-order valence-electron chi connectivity index (χ0n) is 14.6. The van der Waals surface area contributed by atoms with E-state index >= 15 is 0 Å². The number of nitrogens with zero attached hydrogens (tertiary/aromatic N) is 5. The van der Waals surface area contributed by atoms with E-state index in [1.54, 1.807) is 29.4 Å². The maximum absolute atomic E-state index is 5.89. The summed E-state index contributed by atoms with van der Waals surface area (Å²) in [5.74, 6) is 1.78. The van der Waals surface area contributed by atoms with E-state index in [0.29, 0.717) is 17.5 Å². The van der Waals surface area contributed by atoms with Crippen LogP contribution in [0.3, 0.4) is 0 Å². The molecule has 0 spiro atoms. The topological polar surface area (TPSA) is 102 Å². The molecule has 3 aromatic heterocycles. The summed E-state index contributed by atoms with van der Waals surface area (Å²) in [6.45, 7) is 2.11. The first-order valence-electron chi connectivity index (χ1n) is 8.39. The summed E-state index contributed by atoms with van der Waals surface area (Å²) in [5.41, 5.74) is 8.05. The molecule has 3 N–H and O–H groups in total. The van der Waals surface area contributed by atoms with E-state index in [-0.39, 0.29) is 5.95 Å². The summed E-state index contributed by atoms with van der Waals surface area (Å²) in [7, 11) is 0. The summed E-state index contributed by atoms with van der Waals surface area (Å²) in [6.07, 6.45) is 2.49. The van der Waals surface area contributed by atoms with Gasteiger partial charge in [0, 0.05) is 11.1 Å². The van der Waals surface area contributed by atoms with Gasteiger partial charge >= 0.3 is 0 Å². The van der Waals surface area contributed by atoms with Gasteiger partial charge in [0.1, 0.15) is 22.0 Å². The molecule has 9 heteroatoms. The van der Waals surface area contributed by atoms with Gasteiger partial charge in [0.25, 0.3) is 0 Å². The van der Waals surface area contributed by atoms with E-state index in [9.17, 15) is 0 Å². The zero-order chi connectivity index (χ0) is 18.6. The Morgan fingerprint density at radius 2 is 2.00 bits per heavy atom. The Kier molecular flexibility index (Phi) is 5.12. The fourth-order valence-electron chi connectivity index (χ4n) is 2.64. The molecule has 4 aromatic rings. The molecule has 0 radical (unpaired) electrons. The van der Waals surface area contributed by atoms with Gasteiger partial charge in [-0.3, -0.25) is 0 Å². The molecule has 0 amide bonds. The fraction of sp³-hybridized carbons (Fsp3) is 0.167. The lowest BCUT2D eigenvalue weighted by atomic mass is 10.1. The van der Waals surface area contributed by atoms with Crippen LogP contribution in [0.1, 0.15) is 18.3 Å². The lowest BCUT2D eigenvalue weighted by molar-refractivity contribution is 0.978. The molecule has 0 aliphatic rings. The van der Waals surface area contributed by atoms with Crippen molar-refractivity contribution in [1.82, 2.24) is 24.9 Å². The predicted octanol–water partition coefficient (Wildman–Crippen LogP) is 4.06. The van der Waals surface area contributed by atoms with Crippen LogP contribution in [0, 0.1) is 0 Å². The second-order valence-corrected chi connectivity index (χ2v) is 7.53. The van der Waals surface area contributed by atoms with E-state index in [1.165, 1.54) is 5.56 Å². The highest BCUT2D eigenvalue weighted by Gasteiger charge is 2.10. The first-order valence-corrected chi connectivity index (χ1v) is 10.3. The summed E-state index contributed by atoms with van der Waals surface area (Å²) in [4.78, 5) is 22.6. The molecule has 0 fully saturated rings. The Labute approximate surface area is 164 Å². The van der Waals surface area contributed by atoms with Crippen molar-refractivity contribution in [2.75, 3.05) is 11.1 Å². The molecule has 7 nitrogen and oxygen atoms in total. The highest BCUT2D eigenvalue weighted by Crippen LogP contribution is 2.29. The summed E-state index contributed by atoms with van der Waals surface area (Å²) < 4.78 is 0. The van der Waals surface area contributed by atoms with Gasteiger partial charge in [-0.25, -0.2) is 9.97 Å². The van der Waals surface area contributed by atoms with Gasteiger partial charge in [0.05, 0.1) is 5.75 Å². The Morgan fingerprint density at radius 1 is 1.11 bits per heavy atom. The SMILES string of the molecule is CCc1ccccc1Nc1nc(N)nc(CSc2ncnc3sccc23)n1. The number of hydrogen-bond donors (Lipinski definition) is 2. The molecule has 0 saturated heterocycles. The maximum Gasteiger partial charge on any atom is 0.232 e. The lowest BCUT2D eigenvalue weighted by Gasteiger charge is -2.10. The van der Waals surface area contributed by atoms with Gasteiger partial charge in [-0.2, -0.15) is 15.0 Å². The summed E-state index contributed by atoms with van der Waals surface area (Å²) >= 11 is 3.16. The monoisotopic (exact) mass is 395 g/mol. The first kappa shape index (κ1) is 17.6. The number of aryl methyl sites for hydroxylation is 1. The molecule has 1 aromatic carbocycles. The van der Waals surface area contributed by atoms with Gasteiger partial charge in [0.2, 0.25) is 11.9 Å². The molecule has 0 saturated carbocycles. The lowest BCUT2D eigenvalue weighted by Crippen LogP contribution is -2.07. The van der Waals surface area contributed by atoms with Crippen LogP contribution in [0.2, 0.25) is 0 Å². The van der Waals surface area contributed by atoms with E-state index in [1.807, 2.05) is 29.6 Å². The number of benzene rings is 1. The van der Waals surface area contributed by atoms with Gasteiger partial charge in [-0.15, -0.1) is 11.3 Å². The number of hydrogen-bond acceptors (Lipinski definition) is 9. The summed E-state index contributed by atoms with van der Waals surface area (Å²) in [6, 6.07) is 10.1. The molecule has 136 valence electrons. The van der Waals surface area contributed by atoms with Crippen molar-refractivity contribution < 1.29 is 0 Å². The average Bonchev–Trinajstić information content (AvgIpc) is 3.16. The Bertz CT molecular complexity index is 1080. The van der Waals surface area contributed by atoms with Crippen LogP contribution in [-0.4, -0.2) is 24.9 Å². The third-order valence-electron chi connectivity index (χ3n) is 3.91. The number of fused-ring (bicyclic) bond motifs is 1. The number of rotatable bonds is 6. The molecular weight excluding hydrogens is 378 g/mol. The van der Waals surface area contributed by atoms with E-state index < -0.39 is 0 Å². The van der Waals surface area contributed by atoms with E-state index in [2.05, 4.69) is 43.2 Å². The molecule has 0 aliphatic carbocycles. The van der Waals surface area contributed by atoms with Crippen molar-refractivity contribution in [3.63, 3.8) is 0 Å². The van der Waals surface area contributed by atoms with Crippen molar-refractivity contribution in [3.8, 4) is 0 Å². The maximum atomic E-state index is 5.89. The van der Waals surface area contributed by atoms with Crippen LogP contribution in [0.25, 0.3) is 10.2 Å². The van der Waals surface area contributed by atoms with E-state index in [0.717, 1.165) is 27.4 Å². The van der Waals surface area contributed by atoms with Crippen LogP contribution in [-0.2, 0) is 12.2 Å². The Morgan fingerprint density at radius 3 is 2.89 bits per heavy atom. The second-order valence-electron chi connectivity index (χ2n) is 5.68. The van der Waals surface area contributed by atoms with Crippen molar-refractivity contribution in [2.45, 2.75) is 24.1 Å². The number of para-hydroxylation sites is 1. The standard InChI is InChI=1S/C18H17N7S2/c1-2-11-5-3-4-6-13(11)22-18-24-14(23-17(19)25-18)9-27-16-12-7-8-26-15(12)20-10-21-16/h3-8,10H,2,9H2,1H3,(H3,19,22,23,24,25). The zero-order valence-corrected chi connectivity index (χ0v) is 16.2. The minimum Gasteiger partial charge on any atom is -0.368 e. The summed E-state index contributed by atoms with van der Waals surface area (Å²) in [5, 5.41) is 7.22. The number of thioether (sulfide) groups is 1. The van der Waals surface area contributed by atoms with Crippen molar-refractivity contribution in [1.29, 1.82) is 0 Å². The van der Waals surface area contributed by atoms with Gasteiger partial charge in [-0.05, 0) is 29.5 Å². The number of nitrogens with two attached hydrogens (primary N) is 1. The van der Waals surface area contributed by atoms with Crippen LogP contribution in [0.4, 0.5) is 17.6 Å². The Balaban J connectivity index is 1.55. The third kappa shape index (κ3) is 3.99. The molecule has 3 heterocycles. The van der Waals surface area contributed by atoms with Crippen LogP contribution < -0.4 is 11.1 Å². The molecule has 0 bridgehead atoms. The number of nitrogen functional groups attached to an aromatic ring is 1. The third-order valence-corrected chi connectivity index (χ3v) is 5.73. The number of aromatic nitrogens is 5. The van der Waals surface area contributed by atoms with Crippen LogP contribution in [0.15, 0.2) is 47.1 Å². The molecule has 27 heavy (non-hydrogen) atoms. The number of anilines is 3. The Hall–Kier alpha value is -2.78. The average molecular weight is 396 g/mol. The largest absolute Gasteiger partial charge is 0.368 e. The molecule has 0 unspecified atom stereocenters. The van der Waals surface area contributed by atoms with Gasteiger partial charge in [0.15, 0.2) is 0 Å². The van der Waals surface area contributed by atoms with Crippen LogP contribution >= 0.6 is 23.1 Å². The number of nitrogens with one attached hydrogen (secondary N) is 1. The van der Waals surface area contributed by atoms with Crippen molar-refractivity contribution >= 4 is 50.9 Å². The van der Waals surface area contributed by atoms with Crippen LogP contribution in [0.5, 0.6) is 0 Å². The normalized spacial score (nSPS) is 11.0. The minimum atomic E-state index is 0.195. The smallest absolute Gasteiger partial charge is 0.232 e. The molecule has 0 atom stereocenters. The number of thiophene rings is 1. The molecular formula is C18H17N7S2. The minimum absolute atomic E-state index is 0.195. The second kappa shape index (κ2) is 7.85. The van der Waals surface area contributed by atoms with Gasteiger partial charge < -0.3 is 11.1 Å². The van der Waals surface area contributed by atoms with Gasteiger partial charge in [-0.1, -0.05) is 36.9 Å². The van der Waals surface area contributed by atoms with Crippen molar-refractivity contribution in [2.24, 2.45) is 0 Å². The highest BCUT2D eigenvalue weighted by molar-refractivity contribution is 7.98. The quantitative estimate of drug-likeness (QED) is 0.372. The predicted molar refractivity (Wildman–Crippen MR) is 110 cm³/mol. The highest BCUT2D eigenvalue weighted by atomic mass is 32.2. The molecule has 0 aliphatic heterocycles. The van der Waals surface area contributed by atoms with Crippen molar-refractivity contribution in [3.05, 3.63) is 53.4 Å².